The van der Waals surface area contributed by atoms with Crippen LogP contribution in [0, 0.1) is 0 Å². The lowest BCUT2D eigenvalue weighted by atomic mass is 10.5. The van der Waals surface area contributed by atoms with Crippen molar-refractivity contribution in [3.8, 4) is 0 Å². The molecule has 0 unspecified atom stereocenters. The van der Waals surface area contributed by atoms with Gasteiger partial charge in [-0.25, -0.2) is 9.47 Å². The molecule has 0 amide bonds. The van der Waals surface area contributed by atoms with E-state index in [2.05, 4.69) is 0 Å². The SMILES string of the molecule is O=C(F)C(F)(F)OC(F)(F)C(F)(F)OC(F)(F)C(F)=C(F)F. The van der Waals surface area contributed by atoms with Gasteiger partial charge in [0.15, 0.2) is 0 Å². The van der Waals surface area contributed by atoms with Gasteiger partial charge in [0, 0.05) is 0 Å². The third-order valence-corrected chi connectivity index (χ3v) is 1.50. The van der Waals surface area contributed by atoms with Crippen LogP contribution in [0.5, 0.6) is 0 Å². The molecule has 22 heavy (non-hydrogen) atoms. The Morgan fingerprint density at radius 2 is 0.955 bits per heavy atom. The number of hydrogen-bond acceptors (Lipinski definition) is 3. The van der Waals surface area contributed by atoms with Crippen LogP contribution in [0.15, 0.2) is 11.9 Å². The van der Waals surface area contributed by atoms with Crippen molar-refractivity contribution in [1.29, 1.82) is 0 Å². The predicted octanol–water partition coefficient (Wildman–Crippen LogP) is 3.96. The maximum absolute atomic E-state index is 12.5. The monoisotopic (exact) mass is 360 g/mol. The number of hydrogen-bond donors (Lipinski definition) is 0. The molecule has 0 bridgehead atoms. The zero-order valence-electron chi connectivity index (χ0n) is 9.26. The van der Waals surface area contributed by atoms with E-state index in [-0.39, 0.29) is 0 Å². The fraction of sp³-hybridized carbons (Fsp3) is 0.571. The second-order valence-electron chi connectivity index (χ2n) is 3.12. The van der Waals surface area contributed by atoms with Gasteiger partial charge in [-0.05, 0) is 0 Å². The first kappa shape index (κ1) is 20.5. The number of halogens is 12. The molecule has 0 rings (SSSR count). The number of rotatable bonds is 7. The van der Waals surface area contributed by atoms with E-state index in [4.69, 9.17) is 0 Å². The summed E-state index contributed by atoms with van der Waals surface area (Å²) >= 11 is 0. The van der Waals surface area contributed by atoms with E-state index in [0.29, 0.717) is 0 Å². The summed E-state index contributed by atoms with van der Waals surface area (Å²) in [4.78, 5) is 9.48. The second-order valence-corrected chi connectivity index (χ2v) is 3.12. The maximum Gasteiger partial charge on any atom is 0.453 e. The molecule has 3 nitrogen and oxygen atoms in total. The second kappa shape index (κ2) is 5.94. The highest BCUT2D eigenvalue weighted by molar-refractivity contribution is 5.74. The average molecular weight is 360 g/mol. The van der Waals surface area contributed by atoms with E-state index in [1.165, 1.54) is 0 Å². The Labute approximate surface area is 111 Å². The number of carbonyl (C=O) groups is 1. The third-order valence-electron chi connectivity index (χ3n) is 1.50. The summed E-state index contributed by atoms with van der Waals surface area (Å²) in [7, 11) is 0. The van der Waals surface area contributed by atoms with Crippen LogP contribution in [0.25, 0.3) is 0 Å². The van der Waals surface area contributed by atoms with Crippen molar-refractivity contribution < 1.29 is 67.0 Å². The molecule has 0 saturated heterocycles. The molecule has 130 valence electrons. The minimum atomic E-state index is -6.87. The standard InChI is InChI=1S/C7F12O3/c8-1(2(9)10)4(12,13)21-6(16,17)7(18,19)22-5(14,15)3(11)20. The Balaban J connectivity index is 5.47. The lowest BCUT2D eigenvalue weighted by Gasteiger charge is -2.29. The molecule has 0 aliphatic rings. The van der Waals surface area contributed by atoms with E-state index < -0.39 is 42.4 Å². The summed E-state index contributed by atoms with van der Waals surface area (Å²) in [6.07, 6.45) is -30.3. The first-order valence-corrected chi connectivity index (χ1v) is 4.29. The molecular formula is C7F12O3. The minimum Gasteiger partial charge on any atom is -0.251 e. The normalized spacial score (nSPS) is 14.0. The fourth-order valence-electron chi connectivity index (χ4n) is 0.636. The van der Waals surface area contributed by atoms with Crippen molar-refractivity contribution in [2.75, 3.05) is 0 Å². The van der Waals surface area contributed by atoms with Gasteiger partial charge < -0.3 is 0 Å². The van der Waals surface area contributed by atoms with Gasteiger partial charge in [0.2, 0.25) is 0 Å². The molecule has 0 spiro atoms. The summed E-state index contributed by atoms with van der Waals surface area (Å²) in [6.45, 7) is 0. The number of alkyl halides is 8. The van der Waals surface area contributed by atoms with Gasteiger partial charge >= 0.3 is 36.6 Å². The van der Waals surface area contributed by atoms with Crippen molar-refractivity contribution in [1.82, 2.24) is 0 Å². The van der Waals surface area contributed by atoms with E-state index in [9.17, 15) is 57.5 Å². The molecule has 0 fully saturated rings. The number of ether oxygens (including phenoxy) is 2. The van der Waals surface area contributed by atoms with Crippen LogP contribution in [0.2, 0.25) is 0 Å². The zero-order chi connectivity index (χ0) is 18.1. The number of carbonyl (C=O) groups excluding carboxylic acids is 1. The van der Waals surface area contributed by atoms with Crippen LogP contribution in [0.4, 0.5) is 52.7 Å². The summed E-state index contributed by atoms with van der Waals surface area (Å²) in [5.74, 6) is -4.03. The highest BCUT2D eigenvalue weighted by atomic mass is 19.3. The van der Waals surface area contributed by atoms with Gasteiger partial charge in [-0.2, -0.15) is 52.7 Å². The van der Waals surface area contributed by atoms with Crippen molar-refractivity contribution in [2.45, 2.75) is 24.4 Å². The highest BCUT2D eigenvalue weighted by Crippen LogP contribution is 2.45. The molecule has 0 radical (unpaired) electrons. The van der Waals surface area contributed by atoms with Gasteiger partial charge in [-0.1, -0.05) is 0 Å². The molecular weight excluding hydrogens is 360 g/mol. The van der Waals surface area contributed by atoms with Crippen molar-refractivity contribution in [3.63, 3.8) is 0 Å². The quantitative estimate of drug-likeness (QED) is 0.509. The predicted molar refractivity (Wildman–Crippen MR) is 38.4 cm³/mol. The summed E-state index contributed by atoms with van der Waals surface area (Å²) < 4.78 is 149. The van der Waals surface area contributed by atoms with Crippen LogP contribution in [-0.2, 0) is 14.3 Å². The van der Waals surface area contributed by atoms with Crippen molar-refractivity contribution >= 4 is 6.04 Å². The molecule has 0 aromatic carbocycles. The Bertz CT molecular complexity index is 465. The summed E-state index contributed by atoms with van der Waals surface area (Å²) in [5.41, 5.74) is 0. The largest absolute Gasteiger partial charge is 0.453 e. The molecule has 0 aromatic heterocycles. The minimum absolute atomic E-state index is 1.71. The lowest BCUT2D eigenvalue weighted by Crippen LogP contribution is -2.53. The van der Waals surface area contributed by atoms with E-state index in [1.807, 2.05) is 0 Å². The maximum atomic E-state index is 12.5. The molecule has 0 aliphatic heterocycles. The van der Waals surface area contributed by atoms with Gasteiger partial charge in [-0.15, -0.1) is 0 Å². The van der Waals surface area contributed by atoms with E-state index in [0.717, 1.165) is 0 Å². The first-order chi connectivity index (χ1) is 9.46. The van der Waals surface area contributed by atoms with Gasteiger partial charge in [0.05, 0.1) is 0 Å². The van der Waals surface area contributed by atoms with Crippen molar-refractivity contribution in [3.05, 3.63) is 11.9 Å². The Kier molecular flexibility index (Phi) is 5.53. The molecule has 0 aromatic rings. The smallest absolute Gasteiger partial charge is 0.251 e. The summed E-state index contributed by atoms with van der Waals surface area (Å²) in [6, 6.07) is -4.02. The Morgan fingerprint density at radius 1 is 0.636 bits per heavy atom. The Hall–Kier alpha value is -1.51. The molecule has 0 heterocycles. The van der Waals surface area contributed by atoms with E-state index in [1.54, 1.807) is 9.47 Å². The Morgan fingerprint density at radius 3 is 1.23 bits per heavy atom. The van der Waals surface area contributed by atoms with Crippen LogP contribution >= 0.6 is 0 Å². The molecule has 0 atom stereocenters. The van der Waals surface area contributed by atoms with Gasteiger partial charge in [0.1, 0.15) is 0 Å². The fourth-order valence-corrected chi connectivity index (χ4v) is 0.636. The third kappa shape index (κ3) is 4.49. The van der Waals surface area contributed by atoms with Gasteiger partial charge in [-0.3, -0.25) is 4.79 Å². The van der Waals surface area contributed by atoms with Gasteiger partial charge in [0.25, 0.3) is 5.83 Å². The average Bonchev–Trinajstić information content (AvgIpc) is 2.24. The molecule has 0 N–H and O–H groups in total. The molecule has 15 heteroatoms. The topological polar surface area (TPSA) is 35.5 Å². The zero-order valence-corrected chi connectivity index (χ0v) is 9.26. The first-order valence-electron chi connectivity index (χ1n) is 4.29. The lowest BCUT2D eigenvalue weighted by molar-refractivity contribution is -0.503. The van der Waals surface area contributed by atoms with Crippen LogP contribution in [0.1, 0.15) is 0 Å². The molecule has 0 saturated carbocycles. The van der Waals surface area contributed by atoms with Crippen molar-refractivity contribution in [2.24, 2.45) is 0 Å². The van der Waals surface area contributed by atoms with E-state index >= 15 is 0 Å². The highest BCUT2D eigenvalue weighted by Gasteiger charge is 2.69. The van der Waals surface area contributed by atoms with Crippen LogP contribution < -0.4 is 0 Å². The van der Waals surface area contributed by atoms with Crippen LogP contribution in [-0.4, -0.2) is 30.5 Å². The summed E-state index contributed by atoms with van der Waals surface area (Å²) in [5, 5.41) is 0. The molecule has 0 aliphatic carbocycles. The van der Waals surface area contributed by atoms with Crippen LogP contribution in [0.3, 0.4) is 0 Å².